The number of anilines is 1. The summed E-state index contributed by atoms with van der Waals surface area (Å²) in [5.74, 6) is 0.654. The fourth-order valence-electron chi connectivity index (χ4n) is 3.29. The van der Waals surface area contributed by atoms with E-state index in [0.29, 0.717) is 11.5 Å². The van der Waals surface area contributed by atoms with Gasteiger partial charge < -0.3 is 14.4 Å². The molecule has 1 amide bonds. The monoisotopic (exact) mass is 522 g/mol. The molecular weight excluding hydrogens is 499 g/mol. The van der Waals surface area contributed by atoms with Crippen molar-refractivity contribution in [3.8, 4) is 11.5 Å². The fraction of sp³-hybridized carbons (Fsp3) is 0.208. The topological polar surface area (TPSA) is 76.2 Å². The summed E-state index contributed by atoms with van der Waals surface area (Å²) in [4.78, 5) is 14.6. The largest absolute Gasteiger partial charge is 0.493 e. The number of hydrogen-bond acceptors (Lipinski definition) is 5. The molecule has 3 rings (SSSR count). The molecule has 3 aromatic carbocycles. The molecule has 0 unspecified atom stereocenters. The predicted molar refractivity (Wildman–Crippen MR) is 133 cm³/mol. The number of benzene rings is 3. The molecule has 0 bridgehead atoms. The lowest BCUT2D eigenvalue weighted by atomic mass is 10.2. The van der Waals surface area contributed by atoms with Crippen LogP contribution in [0.25, 0.3) is 0 Å². The van der Waals surface area contributed by atoms with Crippen molar-refractivity contribution < 1.29 is 22.7 Å². The zero-order chi connectivity index (χ0) is 24.9. The molecule has 0 fully saturated rings. The Labute approximate surface area is 209 Å². The average Bonchev–Trinajstić information content (AvgIpc) is 2.84. The first kappa shape index (κ1) is 25.7. The molecule has 0 aliphatic rings. The van der Waals surface area contributed by atoms with E-state index < -0.39 is 22.5 Å². The Morgan fingerprint density at radius 1 is 0.912 bits per heavy atom. The number of methoxy groups -OCH3 is 2. The average molecular weight is 523 g/mol. The van der Waals surface area contributed by atoms with Crippen LogP contribution >= 0.6 is 23.2 Å². The quantitative estimate of drug-likeness (QED) is 0.400. The molecule has 0 aliphatic heterocycles. The second kappa shape index (κ2) is 11.0. The van der Waals surface area contributed by atoms with Crippen LogP contribution in [0, 0.1) is 0 Å². The number of sulfonamides is 1. The Kier molecular flexibility index (Phi) is 8.30. The summed E-state index contributed by atoms with van der Waals surface area (Å²) >= 11 is 12.5. The predicted octanol–water partition coefficient (Wildman–Crippen LogP) is 4.86. The van der Waals surface area contributed by atoms with E-state index >= 15 is 0 Å². The van der Waals surface area contributed by atoms with Crippen LogP contribution < -0.4 is 13.8 Å². The van der Waals surface area contributed by atoms with Crippen molar-refractivity contribution in [2.75, 3.05) is 32.1 Å². The summed E-state index contributed by atoms with van der Waals surface area (Å²) in [7, 11) is 0.544. The zero-order valence-corrected chi connectivity index (χ0v) is 21.2. The maximum atomic E-state index is 13.5. The van der Waals surface area contributed by atoms with E-state index in [1.165, 1.54) is 37.3 Å². The summed E-state index contributed by atoms with van der Waals surface area (Å²) in [6.45, 7) is -0.247. The van der Waals surface area contributed by atoms with Crippen molar-refractivity contribution in [3.05, 3.63) is 82.3 Å². The van der Waals surface area contributed by atoms with Gasteiger partial charge in [-0.3, -0.25) is 9.10 Å². The van der Waals surface area contributed by atoms with E-state index in [2.05, 4.69) is 0 Å². The van der Waals surface area contributed by atoms with Gasteiger partial charge in [-0.1, -0.05) is 53.5 Å². The highest BCUT2D eigenvalue weighted by molar-refractivity contribution is 7.92. The van der Waals surface area contributed by atoms with E-state index in [4.69, 9.17) is 32.7 Å². The molecule has 3 aromatic rings. The summed E-state index contributed by atoms with van der Waals surface area (Å²) < 4.78 is 38.5. The minimum Gasteiger partial charge on any atom is -0.493 e. The number of carbonyl (C=O) groups excluding carboxylic acids is 1. The van der Waals surface area contributed by atoms with Crippen LogP contribution in [-0.2, 0) is 21.4 Å². The van der Waals surface area contributed by atoms with Crippen LogP contribution in [0.4, 0.5) is 5.69 Å². The molecule has 34 heavy (non-hydrogen) atoms. The second-order valence-corrected chi connectivity index (χ2v) is 9.98. The van der Waals surface area contributed by atoms with Gasteiger partial charge in [-0.05, 0) is 42.0 Å². The Hall–Kier alpha value is -2.94. The van der Waals surface area contributed by atoms with Crippen molar-refractivity contribution in [2.24, 2.45) is 0 Å². The molecule has 7 nitrogen and oxygen atoms in total. The van der Waals surface area contributed by atoms with Crippen molar-refractivity contribution >= 4 is 44.8 Å². The highest BCUT2D eigenvalue weighted by Crippen LogP contribution is 2.35. The molecule has 10 heteroatoms. The van der Waals surface area contributed by atoms with Crippen LogP contribution in [-0.4, -0.2) is 47.0 Å². The van der Waals surface area contributed by atoms with Gasteiger partial charge in [0.25, 0.3) is 10.0 Å². The van der Waals surface area contributed by atoms with E-state index in [-0.39, 0.29) is 27.2 Å². The van der Waals surface area contributed by atoms with Crippen LogP contribution in [0.5, 0.6) is 11.5 Å². The van der Waals surface area contributed by atoms with Crippen LogP contribution in [0.1, 0.15) is 5.56 Å². The maximum Gasteiger partial charge on any atom is 0.264 e. The van der Waals surface area contributed by atoms with Gasteiger partial charge in [0.15, 0.2) is 11.5 Å². The second-order valence-electron chi connectivity index (χ2n) is 7.34. The molecule has 180 valence electrons. The molecule has 0 heterocycles. The number of carbonyl (C=O) groups is 1. The lowest BCUT2D eigenvalue weighted by molar-refractivity contribution is -0.128. The highest BCUT2D eigenvalue weighted by Gasteiger charge is 2.30. The molecule has 0 atom stereocenters. The first-order valence-electron chi connectivity index (χ1n) is 10.2. The van der Waals surface area contributed by atoms with Crippen LogP contribution in [0.15, 0.2) is 71.6 Å². The van der Waals surface area contributed by atoms with Crippen LogP contribution in [0.2, 0.25) is 10.0 Å². The first-order valence-corrected chi connectivity index (χ1v) is 12.3. The Morgan fingerprint density at radius 2 is 1.59 bits per heavy atom. The minimum atomic E-state index is -4.11. The lowest BCUT2D eigenvalue weighted by Gasteiger charge is -2.27. The number of likely N-dealkylation sites (N-methyl/N-ethyl adjacent to an activating group) is 1. The Balaban J connectivity index is 1.92. The van der Waals surface area contributed by atoms with Crippen LogP contribution in [0.3, 0.4) is 0 Å². The lowest BCUT2D eigenvalue weighted by Crippen LogP contribution is -2.41. The minimum absolute atomic E-state index is 0.0291. The van der Waals surface area contributed by atoms with Crippen molar-refractivity contribution in [1.82, 2.24) is 4.90 Å². The van der Waals surface area contributed by atoms with E-state index in [0.717, 1.165) is 9.87 Å². The smallest absolute Gasteiger partial charge is 0.264 e. The van der Waals surface area contributed by atoms with Crippen molar-refractivity contribution in [1.29, 1.82) is 0 Å². The first-order chi connectivity index (χ1) is 16.2. The van der Waals surface area contributed by atoms with Gasteiger partial charge in [0, 0.05) is 13.6 Å². The third-order valence-corrected chi connectivity index (χ3v) is 7.69. The number of halogens is 2. The number of ether oxygens (including phenoxy) is 2. The summed E-state index contributed by atoms with van der Waals surface area (Å²) in [6, 6.07) is 17.8. The Bertz CT molecular complexity index is 1270. The normalized spacial score (nSPS) is 11.1. The highest BCUT2D eigenvalue weighted by atomic mass is 35.5. The van der Waals surface area contributed by atoms with Crippen molar-refractivity contribution in [3.63, 3.8) is 0 Å². The fourth-order valence-corrected chi connectivity index (χ4v) is 5.18. The van der Waals surface area contributed by atoms with E-state index in [1.54, 1.807) is 55.6 Å². The number of amides is 1. The summed E-state index contributed by atoms with van der Waals surface area (Å²) in [6.07, 6.45) is 0. The molecule has 0 saturated carbocycles. The maximum absolute atomic E-state index is 13.5. The van der Waals surface area contributed by atoms with Gasteiger partial charge in [0.1, 0.15) is 6.54 Å². The third kappa shape index (κ3) is 5.58. The Morgan fingerprint density at radius 3 is 2.24 bits per heavy atom. The molecular formula is C24H24Cl2N2O5S. The van der Waals surface area contributed by atoms with Gasteiger partial charge in [0.2, 0.25) is 5.91 Å². The molecule has 0 N–H and O–H groups in total. The molecule has 0 spiro atoms. The third-order valence-electron chi connectivity index (χ3n) is 5.10. The number of nitrogens with zero attached hydrogens (tertiary/aromatic N) is 2. The SMILES string of the molecule is COc1ccc(CN(C)C(=O)CN(c2cccc(Cl)c2Cl)S(=O)(=O)c2ccccc2)cc1OC. The zero-order valence-electron chi connectivity index (χ0n) is 18.9. The number of hydrogen-bond donors (Lipinski definition) is 0. The standard InChI is InChI=1S/C24H24Cl2N2O5S/c1-27(15-17-12-13-21(32-2)22(14-17)33-3)23(29)16-28(20-11-7-10-19(25)24(20)26)34(30,31)18-8-5-4-6-9-18/h4-14H,15-16H2,1-3H3. The molecule has 0 radical (unpaired) electrons. The van der Waals surface area contributed by atoms with E-state index in [1.807, 2.05) is 0 Å². The van der Waals surface area contributed by atoms with Gasteiger partial charge >= 0.3 is 0 Å². The van der Waals surface area contributed by atoms with Crippen molar-refractivity contribution in [2.45, 2.75) is 11.4 Å². The van der Waals surface area contributed by atoms with Gasteiger partial charge in [-0.15, -0.1) is 0 Å². The van der Waals surface area contributed by atoms with E-state index in [9.17, 15) is 13.2 Å². The summed E-state index contributed by atoms with van der Waals surface area (Å²) in [5.41, 5.74) is 0.901. The number of rotatable bonds is 9. The van der Waals surface area contributed by atoms with Gasteiger partial charge in [-0.2, -0.15) is 0 Å². The molecule has 0 saturated heterocycles. The summed E-state index contributed by atoms with van der Waals surface area (Å²) in [5, 5.41) is 0.220. The van der Waals surface area contributed by atoms with Gasteiger partial charge in [0.05, 0.1) is 34.8 Å². The molecule has 0 aliphatic carbocycles. The molecule has 0 aromatic heterocycles. The van der Waals surface area contributed by atoms with Gasteiger partial charge in [-0.25, -0.2) is 8.42 Å².